The molecular formula is C43H53N2O2Ta-3. The Morgan fingerprint density at radius 2 is 0.812 bits per heavy atom. The van der Waals surface area contributed by atoms with Gasteiger partial charge in [0.25, 0.3) is 0 Å². The Hall–Kier alpha value is -4.03. The van der Waals surface area contributed by atoms with E-state index in [1.165, 1.54) is 0 Å². The van der Waals surface area contributed by atoms with Crippen LogP contribution in [0, 0.1) is 48.5 Å². The van der Waals surface area contributed by atoms with Gasteiger partial charge in [0.2, 0.25) is 0 Å². The third-order valence-electron chi connectivity index (χ3n) is 7.23. The van der Waals surface area contributed by atoms with Crippen molar-refractivity contribution in [3.8, 4) is 11.5 Å². The fourth-order valence-electron chi connectivity index (χ4n) is 4.81. The van der Waals surface area contributed by atoms with Crippen LogP contribution in [0.3, 0.4) is 0 Å². The minimum absolute atomic E-state index is 0. The minimum atomic E-state index is 0. The molecule has 5 rings (SSSR count). The zero-order valence-electron chi connectivity index (χ0n) is 29.7. The molecule has 0 amide bonds. The van der Waals surface area contributed by atoms with Crippen molar-refractivity contribution >= 4 is 0 Å². The zero-order valence-corrected chi connectivity index (χ0v) is 32.9. The molecule has 0 saturated carbocycles. The molecule has 0 unspecified atom stereocenters. The van der Waals surface area contributed by atoms with E-state index in [9.17, 15) is 10.2 Å². The van der Waals surface area contributed by atoms with Gasteiger partial charge >= 0.3 is 0 Å². The van der Waals surface area contributed by atoms with Gasteiger partial charge in [-0.3, -0.25) is 4.90 Å². The normalized spacial score (nSPS) is 10.0. The van der Waals surface area contributed by atoms with Gasteiger partial charge in [-0.2, -0.15) is 73.9 Å². The van der Waals surface area contributed by atoms with Gasteiger partial charge in [-0.05, 0) is 52.9 Å². The monoisotopic (exact) mass is 810 g/mol. The molecule has 0 heterocycles. The van der Waals surface area contributed by atoms with Crippen molar-refractivity contribution in [1.29, 1.82) is 0 Å². The average Bonchev–Trinajstić information content (AvgIpc) is 3.03. The summed E-state index contributed by atoms with van der Waals surface area (Å²) in [5, 5.41) is 20.9. The number of hydrogen-bond donors (Lipinski definition) is 2. The van der Waals surface area contributed by atoms with Crippen LogP contribution in [0.4, 0.5) is 0 Å². The van der Waals surface area contributed by atoms with Crippen LogP contribution in [0.2, 0.25) is 0 Å². The summed E-state index contributed by atoms with van der Waals surface area (Å²) in [6.07, 6.45) is 0. The molecule has 4 nitrogen and oxygen atoms in total. The number of nitrogens with zero attached hydrogens (tertiary/aromatic N) is 2. The number of hydrogen-bond acceptors (Lipinski definition) is 4. The summed E-state index contributed by atoms with van der Waals surface area (Å²) in [5.74, 6) is 0.741. The van der Waals surface area contributed by atoms with E-state index in [-0.39, 0.29) is 22.4 Å². The molecule has 5 aromatic carbocycles. The number of aryl methyl sites for hydroxylation is 4. The molecule has 0 atom stereocenters. The Morgan fingerprint density at radius 1 is 0.500 bits per heavy atom. The summed E-state index contributed by atoms with van der Waals surface area (Å²) in [6, 6.07) is 37.7. The molecule has 0 aromatic heterocycles. The molecule has 0 spiro atoms. The number of likely N-dealkylation sites (N-methyl/N-ethyl adjacent to an activating group) is 1. The van der Waals surface area contributed by atoms with Crippen molar-refractivity contribution in [2.45, 2.75) is 40.8 Å². The summed E-state index contributed by atoms with van der Waals surface area (Å²) in [7, 11) is 4.11. The molecule has 48 heavy (non-hydrogen) atoms. The van der Waals surface area contributed by atoms with Gasteiger partial charge in [-0.25, -0.2) is 0 Å². The smallest absolute Gasteiger partial charge is 0.122 e. The molecule has 2 N–H and O–H groups in total. The van der Waals surface area contributed by atoms with Gasteiger partial charge in [0.05, 0.1) is 0 Å². The van der Waals surface area contributed by atoms with Crippen molar-refractivity contribution < 1.29 is 32.6 Å². The maximum absolute atomic E-state index is 10.5. The summed E-state index contributed by atoms with van der Waals surface area (Å²) in [5.41, 5.74) is 9.19. The standard InChI is InChI=1S/C22H32N2O2.3C7H7.Ta/c1-15-9-17(3)21(25)19(11-15)13-24(8-7-23(5)6)14-20-12-16(2)10-18(4)22(20)26;3*1-7-5-3-2-4-6-7;/h9-12,25-26H,7-8,13-14H2,1-6H3;3*2-6H,1H2;/q;3*-1;. The summed E-state index contributed by atoms with van der Waals surface area (Å²) in [6.45, 7) is 22.2. The molecule has 0 aliphatic heterocycles. The predicted molar refractivity (Wildman–Crippen MR) is 201 cm³/mol. The molecule has 5 heteroatoms. The second kappa shape index (κ2) is 22.5. The van der Waals surface area contributed by atoms with Gasteiger partial charge in [0.1, 0.15) is 11.5 Å². The van der Waals surface area contributed by atoms with Crippen LogP contribution < -0.4 is 0 Å². The Kier molecular flexibility index (Phi) is 19.7. The molecule has 1 radical (unpaired) electrons. The first-order valence-corrected chi connectivity index (χ1v) is 15.9. The zero-order chi connectivity index (χ0) is 34.8. The first-order chi connectivity index (χ1) is 22.3. The fraction of sp³-hybridized carbons (Fsp3) is 0.233. The third kappa shape index (κ3) is 16.7. The Balaban J connectivity index is 0.000000417. The van der Waals surface area contributed by atoms with Gasteiger partial charge < -0.3 is 15.1 Å². The van der Waals surface area contributed by atoms with Crippen LogP contribution in [0.25, 0.3) is 0 Å². The van der Waals surface area contributed by atoms with Crippen LogP contribution in [0.15, 0.2) is 115 Å². The number of benzene rings is 5. The molecule has 0 saturated heterocycles. The van der Waals surface area contributed by atoms with Crippen LogP contribution >= 0.6 is 0 Å². The minimum Gasteiger partial charge on any atom is -0.507 e. The SMILES string of the molecule is Cc1cc(C)c(O)c(CN(CCN(C)C)Cc2cc(C)cc(C)c2O)c1.[CH2-]c1ccccc1.[CH2-]c1ccccc1.[CH2-]c1ccccc1.[Ta]. The second-order valence-corrected chi connectivity index (χ2v) is 12.1. The number of phenols is 2. The van der Waals surface area contributed by atoms with Crippen LogP contribution in [-0.2, 0) is 35.5 Å². The van der Waals surface area contributed by atoms with E-state index in [1.807, 2.05) is 129 Å². The molecular weight excluding hydrogens is 757 g/mol. The molecule has 0 bridgehead atoms. The van der Waals surface area contributed by atoms with Gasteiger partial charge in [0, 0.05) is 59.7 Å². The summed E-state index contributed by atoms with van der Waals surface area (Å²) < 4.78 is 0. The van der Waals surface area contributed by atoms with E-state index in [4.69, 9.17) is 0 Å². The Bertz CT molecular complexity index is 1440. The first kappa shape index (κ1) is 42.0. The largest absolute Gasteiger partial charge is 0.507 e. The summed E-state index contributed by atoms with van der Waals surface area (Å²) in [4.78, 5) is 4.43. The van der Waals surface area contributed by atoms with Gasteiger partial charge in [-0.1, -0.05) is 53.6 Å². The predicted octanol–water partition coefficient (Wildman–Crippen LogP) is 9.50. The van der Waals surface area contributed by atoms with E-state index >= 15 is 0 Å². The van der Waals surface area contributed by atoms with Crippen molar-refractivity contribution in [2.24, 2.45) is 0 Å². The maximum atomic E-state index is 10.5. The first-order valence-electron chi connectivity index (χ1n) is 15.9. The Morgan fingerprint density at radius 3 is 1.06 bits per heavy atom. The number of phenolic OH excluding ortho intramolecular Hbond substituents is 2. The van der Waals surface area contributed by atoms with E-state index in [2.05, 4.69) is 58.5 Å². The maximum Gasteiger partial charge on any atom is 0.122 e. The van der Waals surface area contributed by atoms with E-state index < -0.39 is 0 Å². The van der Waals surface area contributed by atoms with Crippen molar-refractivity contribution in [1.82, 2.24) is 9.80 Å². The van der Waals surface area contributed by atoms with E-state index in [0.29, 0.717) is 24.6 Å². The van der Waals surface area contributed by atoms with Crippen molar-refractivity contribution in [3.05, 3.63) is 186 Å². The van der Waals surface area contributed by atoms with Gasteiger partial charge in [0.15, 0.2) is 0 Å². The topological polar surface area (TPSA) is 46.9 Å². The Labute approximate surface area is 306 Å². The summed E-state index contributed by atoms with van der Waals surface area (Å²) >= 11 is 0. The molecule has 0 aliphatic carbocycles. The van der Waals surface area contributed by atoms with E-state index in [1.54, 1.807) is 0 Å². The molecule has 0 aliphatic rings. The fourth-order valence-corrected chi connectivity index (χ4v) is 4.81. The molecule has 5 aromatic rings. The van der Waals surface area contributed by atoms with Gasteiger partial charge in [-0.15, -0.1) is 36.4 Å². The van der Waals surface area contributed by atoms with Crippen molar-refractivity contribution in [2.75, 3.05) is 27.2 Å². The molecule has 255 valence electrons. The quantitative estimate of drug-likeness (QED) is 0.161. The number of aromatic hydroxyl groups is 2. The average molecular weight is 811 g/mol. The van der Waals surface area contributed by atoms with Crippen molar-refractivity contribution in [3.63, 3.8) is 0 Å². The molecule has 0 fully saturated rings. The van der Waals surface area contributed by atoms with Crippen LogP contribution in [0.5, 0.6) is 11.5 Å². The van der Waals surface area contributed by atoms with E-state index in [0.717, 1.165) is 63.2 Å². The third-order valence-corrected chi connectivity index (χ3v) is 7.23. The number of rotatable bonds is 7. The second-order valence-electron chi connectivity index (χ2n) is 12.1. The van der Waals surface area contributed by atoms with Crippen LogP contribution in [-0.4, -0.2) is 47.2 Å². The van der Waals surface area contributed by atoms with Crippen LogP contribution in [0.1, 0.15) is 50.1 Å².